The number of pyridine rings is 1. The first-order valence-corrected chi connectivity index (χ1v) is 4.65. The summed E-state index contributed by atoms with van der Waals surface area (Å²) in [5, 5.41) is 9.10. The van der Waals surface area contributed by atoms with Crippen LogP contribution in [0.25, 0.3) is 0 Å². The maximum absolute atomic E-state index is 12.9. The van der Waals surface area contributed by atoms with Crippen molar-refractivity contribution in [3.05, 3.63) is 29.8 Å². The van der Waals surface area contributed by atoms with Gasteiger partial charge in [-0.25, -0.2) is 4.39 Å². The molecule has 1 unspecified atom stereocenters. The van der Waals surface area contributed by atoms with Crippen molar-refractivity contribution in [2.75, 3.05) is 0 Å². The summed E-state index contributed by atoms with van der Waals surface area (Å²) in [4.78, 5) is 14.8. The molecular formula is C11H15ClFNO2. The first kappa shape index (κ1) is 14.8. The third-order valence-corrected chi connectivity index (χ3v) is 2.17. The molecule has 0 aliphatic heterocycles. The molecule has 1 aromatic heterocycles. The van der Waals surface area contributed by atoms with E-state index >= 15 is 0 Å². The van der Waals surface area contributed by atoms with Crippen molar-refractivity contribution in [1.29, 1.82) is 0 Å². The largest absolute Gasteiger partial charge is 0.481 e. The molecule has 0 aliphatic carbocycles. The Labute approximate surface area is 100 Å². The van der Waals surface area contributed by atoms with Crippen molar-refractivity contribution in [1.82, 2.24) is 4.98 Å². The zero-order valence-electron chi connectivity index (χ0n) is 9.40. The van der Waals surface area contributed by atoms with Gasteiger partial charge in [0.15, 0.2) is 0 Å². The topological polar surface area (TPSA) is 50.2 Å². The molecule has 5 heteroatoms. The number of aliphatic carboxylic acids is 1. The number of nitrogens with zero attached hydrogens (tertiary/aromatic N) is 1. The summed E-state index contributed by atoms with van der Waals surface area (Å²) in [5.74, 6) is -2.22. The lowest BCUT2D eigenvalue weighted by atomic mass is 9.77. The van der Waals surface area contributed by atoms with Crippen LogP contribution in [0.2, 0.25) is 0 Å². The highest BCUT2D eigenvalue weighted by atomic mass is 35.5. The number of carboxylic acid groups (broad SMARTS) is 1. The molecule has 0 spiro atoms. The normalized spacial score (nSPS) is 12.8. The minimum atomic E-state index is -0.963. The Morgan fingerprint density at radius 1 is 1.44 bits per heavy atom. The molecule has 1 atom stereocenters. The van der Waals surface area contributed by atoms with Crippen LogP contribution in [0.15, 0.2) is 18.5 Å². The van der Waals surface area contributed by atoms with Gasteiger partial charge < -0.3 is 5.11 Å². The van der Waals surface area contributed by atoms with Gasteiger partial charge in [0.05, 0.1) is 12.1 Å². The lowest BCUT2D eigenvalue weighted by Gasteiger charge is -2.26. The molecule has 0 fully saturated rings. The van der Waals surface area contributed by atoms with E-state index in [1.165, 1.54) is 12.3 Å². The Hall–Kier alpha value is -1.16. The van der Waals surface area contributed by atoms with Gasteiger partial charge in [0.2, 0.25) is 0 Å². The third-order valence-electron chi connectivity index (χ3n) is 2.17. The number of carboxylic acids is 1. The third kappa shape index (κ3) is 3.45. The molecule has 0 radical (unpaired) electrons. The van der Waals surface area contributed by atoms with Crippen molar-refractivity contribution in [2.24, 2.45) is 5.41 Å². The van der Waals surface area contributed by atoms with Gasteiger partial charge in [-0.15, -0.1) is 12.4 Å². The molecule has 1 N–H and O–H groups in total. The SMILES string of the molecule is CC(C)(C)C(C(=O)O)c1cncc(F)c1.Cl. The highest BCUT2D eigenvalue weighted by Gasteiger charge is 2.33. The van der Waals surface area contributed by atoms with Gasteiger partial charge in [0, 0.05) is 6.20 Å². The van der Waals surface area contributed by atoms with E-state index in [1.807, 2.05) is 0 Å². The van der Waals surface area contributed by atoms with Crippen LogP contribution in [0.1, 0.15) is 32.3 Å². The van der Waals surface area contributed by atoms with Crippen LogP contribution in [0.3, 0.4) is 0 Å². The molecule has 3 nitrogen and oxygen atoms in total. The average Bonchev–Trinajstić information content (AvgIpc) is 1.99. The Balaban J connectivity index is 0.00000225. The average molecular weight is 248 g/mol. The lowest BCUT2D eigenvalue weighted by molar-refractivity contribution is -0.141. The standard InChI is InChI=1S/C11H14FNO2.ClH/c1-11(2,3)9(10(14)15)7-4-8(12)6-13-5-7;/h4-6,9H,1-3H3,(H,14,15);1H. The van der Waals surface area contributed by atoms with Gasteiger partial charge in [-0.2, -0.15) is 0 Å². The van der Waals surface area contributed by atoms with Crippen molar-refractivity contribution >= 4 is 18.4 Å². The number of carbonyl (C=O) groups is 1. The summed E-state index contributed by atoms with van der Waals surface area (Å²) in [6, 6.07) is 1.22. The quantitative estimate of drug-likeness (QED) is 0.874. The van der Waals surface area contributed by atoms with Crippen molar-refractivity contribution in [2.45, 2.75) is 26.7 Å². The molecule has 1 heterocycles. The summed E-state index contributed by atoms with van der Waals surface area (Å²) in [6.45, 7) is 5.41. The number of aromatic nitrogens is 1. The predicted octanol–water partition coefficient (Wildman–Crippen LogP) is 2.86. The van der Waals surface area contributed by atoms with Crippen molar-refractivity contribution in [3.8, 4) is 0 Å². The first-order valence-electron chi connectivity index (χ1n) is 4.65. The highest BCUT2D eigenvalue weighted by molar-refractivity contribution is 5.85. The van der Waals surface area contributed by atoms with Crippen LogP contribution < -0.4 is 0 Å². The van der Waals surface area contributed by atoms with Gasteiger partial charge in [0.25, 0.3) is 0 Å². The van der Waals surface area contributed by atoms with E-state index in [2.05, 4.69) is 4.98 Å². The Bertz CT molecular complexity index is 376. The minimum Gasteiger partial charge on any atom is -0.481 e. The summed E-state index contributed by atoms with van der Waals surface area (Å²) in [7, 11) is 0. The van der Waals surface area contributed by atoms with Gasteiger partial charge in [0.1, 0.15) is 5.82 Å². The van der Waals surface area contributed by atoms with Gasteiger partial charge in [-0.3, -0.25) is 9.78 Å². The second-order valence-electron chi connectivity index (χ2n) is 4.57. The van der Waals surface area contributed by atoms with Gasteiger partial charge in [-0.1, -0.05) is 20.8 Å². The Morgan fingerprint density at radius 2 is 2.00 bits per heavy atom. The fourth-order valence-corrected chi connectivity index (χ4v) is 1.60. The first-order chi connectivity index (χ1) is 6.82. The second-order valence-corrected chi connectivity index (χ2v) is 4.57. The van der Waals surface area contributed by atoms with Gasteiger partial charge in [-0.05, 0) is 17.0 Å². The van der Waals surface area contributed by atoms with Crippen molar-refractivity contribution in [3.63, 3.8) is 0 Å². The van der Waals surface area contributed by atoms with E-state index in [0.29, 0.717) is 5.56 Å². The van der Waals surface area contributed by atoms with E-state index in [9.17, 15) is 9.18 Å². The molecular weight excluding hydrogens is 233 g/mol. The lowest BCUT2D eigenvalue weighted by Crippen LogP contribution is -2.26. The fraction of sp³-hybridized carbons (Fsp3) is 0.455. The van der Waals surface area contributed by atoms with Crippen LogP contribution in [0.5, 0.6) is 0 Å². The molecule has 0 aromatic carbocycles. The zero-order chi connectivity index (χ0) is 11.6. The van der Waals surface area contributed by atoms with Gasteiger partial charge >= 0.3 is 5.97 Å². The number of hydrogen-bond donors (Lipinski definition) is 1. The van der Waals surface area contributed by atoms with Crippen LogP contribution in [0.4, 0.5) is 4.39 Å². The maximum atomic E-state index is 12.9. The maximum Gasteiger partial charge on any atom is 0.311 e. The molecule has 1 rings (SSSR count). The monoisotopic (exact) mass is 247 g/mol. The summed E-state index contributed by atoms with van der Waals surface area (Å²) < 4.78 is 12.9. The van der Waals surface area contributed by atoms with E-state index < -0.39 is 23.1 Å². The zero-order valence-corrected chi connectivity index (χ0v) is 10.2. The van der Waals surface area contributed by atoms with Crippen LogP contribution >= 0.6 is 12.4 Å². The Morgan fingerprint density at radius 3 is 2.38 bits per heavy atom. The molecule has 0 amide bonds. The summed E-state index contributed by atoms with van der Waals surface area (Å²) in [5.41, 5.74) is -0.0728. The highest BCUT2D eigenvalue weighted by Crippen LogP contribution is 2.34. The molecule has 0 saturated carbocycles. The molecule has 16 heavy (non-hydrogen) atoms. The minimum absolute atomic E-state index is 0. The van der Waals surface area contributed by atoms with E-state index in [1.54, 1.807) is 20.8 Å². The Kier molecular flexibility index (Phi) is 4.87. The van der Waals surface area contributed by atoms with Crippen LogP contribution in [0, 0.1) is 11.2 Å². The molecule has 1 aromatic rings. The van der Waals surface area contributed by atoms with Crippen molar-refractivity contribution < 1.29 is 14.3 Å². The molecule has 0 bridgehead atoms. The van der Waals surface area contributed by atoms with E-state index in [0.717, 1.165) is 6.20 Å². The number of hydrogen-bond acceptors (Lipinski definition) is 2. The van der Waals surface area contributed by atoms with E-state index in [4.69, 9.17) is 5.11 Å². The smallest absolute Gasteiger partial charge is 0.311 e. The van der Waals surface area contributed by atoms with Crippen LogP contribution in [-0.4, -0.2) is 16.1 Å². The molecule has 0 aliphatic rings. The predicted molar refractivity (Wildman–Crippen MR) is 61.3 cm³/mol. The van der Waals surface area contributed by atoms with Crippen LogP contribution in [-0.2, 0) is 4.79 Å². The van der Waals surface area contributed by atoms with E-state index in [-0.39, 0.29) is 12.4 Å². The number of rotatable bonds is 2. The second kappa shape index (κ2) is 5.25. The fourth-order valence-electron chi connectivity index (χ4n) is 1.60. The number of halogens is 2. The summed E-state index contributed by atoms with van der Waals surface area (Å²) >= 11 is 0. The molecule has 0 saturated heterocycles. The summed E-state index contributed by atoms with van der Waals surface area (Å²) in [6.07, 6.45) is 2.46. The molecule has 90 valence electrons.